The van der Waals surface area contributed by atoms with Crippen molar-refractivity contribution in [1.82, 2.24) is 4.57 Å². The predicted octanol–water partition coefficient (Wildman–Crippen LogP) is 6.51. The molecule has 1 atom stereocenters. The Morgan fingerprint density at radius 3 is 2.10 bits per heavy atom. The molecule has 4 aromatic rings. The Labute approximate surface area is 183 Å². The zero-order valence-corrected chi connectivity index (χ0v) is 17.7. The van der Waals surface area contributed by atoms with E-state index in [1.165, 1.54) is 21.8 Å². The molecule has 0 saturated carbocycles. The summed E-state index contributed by atoms with van der Waals surface area (Å²) in [6, 6.07) is 26.5. The van der Waals surface area contributed by atoms with Crippen molar-refractivity contribution >= 4 is 22.7 Å². The highest BCUT2D eigenvalue weighted by Crippen LogP contribution is 2.39. The average molecular weight is 425 g/mol. The summed E-state index contributed by atoms with van der Waals surface area (Å²) >= 11 is 3.15. The fourth-order valence-corrected chi connectivity index (χ4v) is 5.20. The number of benzene rings is 1. The van der Waals surface area contributed by atoms with Gasteiger partial charge in [-0.1, -0.05) is 23.8 Å². The number of aromatic nitrogens is 1. The minimum absolute atomic E-state index is 0.731. The lowest BCUT2D eigenvalue weighted by Gasteiger charge is -2.13. The molecule has 4 nitrogen and oxygen atoms in total. The summed E-state index contributed by atoms with van der Waals surface area (Å²) in [5.41, 5.74) is 4.37. The maximum Gasteiger partial charge on any atom is 0.153 e. The topological polar surface area (TPSA) is 76.3 Å². The molecule has 1 unspecified atom stereocenters. The number of hydrogen-bond donors (Lipinski definition) is 0. The van der Waals surface area contributed by atoms with Crippen LogP contribution in [0, 0.1) is 46.8 Å². The van der Waals surface area contributed by atoms with Gasteiger partial charge < -0.3 is 4.57 Å². The highest BCUT2D eigenvalue weighted by molar-refractivity contribution is 7.15. The van der Waals surface area contributed by atoms with Crippen molar-refractivity contribution in [3.63, 3.8) is 0 Å². The zero-order valence-electron chi connectivity index (χ0n) is 16.1. The van der Waals surface area contributed by atoms with Crippen molar-refractivity contribution in [2.24, 2.45) is 5.92 Å². The molecule has 0 aliphatic rings. The van der Waals surface area contributed by atoms with E-state index in [1.807, 2.05) is 30.3 Å². The summed E-state index contributed by atoms with van der Waals surface area (Å²) in [5, 5.41) is 30.0. The highest BCUT2D eigenvalue weighted by atomic mass is 32.1. The third-order valence-electron chi connectivity index (χ3n) is 4.88. The first kappa shape index (κ1) is 19.7. The van der Waals surface area contributed by atoms with E-state index in [-0.39, 0.29) is 0 Å². The standard InChI is InChI=1S/C24H16N4S2/c1-16-4-6-18(7-5-16)28-20(23-3-2-12-29-23)8-9-21(28)24-11-10-22(30-24)19(15-27)17(13-25)14-26/h2-12,17,19H,1H3. The molecule has 0 N–H and O–H groups in total. The van der Waals surface area contributed by atoms with Crippen LogP contribution in [0.5, 0.6) is 0 Å². The zero-order chi connectivity index (χ0) is 21.1. The molecule has 0 spiro atoms. The lowest BCUT2D eigenvalue weighted by atomic mass is 9.95. The highest BCUT2D eigenvalue weighted by Gasteiger charge is 2.25. The first-order chi connectivity index (χ1) is 14.7. The van der Waals surface area contributed by atoms with Gasteiger partial charge in [-0.15, -0.1) is 22.7 Å². The van der Waals surface area contributed by atoms with Crippen LogP contribution in [0.15, 0.2) is 66.0 Å². The van der Waals surface area contributed by atoms with Crippen molar-refractivity contribution in [2.75, 3.05) is 0 Å². The maximum absolute atomic E-state index is 9.53. The van der Waals surface area contributed by atoms with Gasteiger partial charge in [0.25, 0.3) is 0 Å². The van der Waals surface area contributed by atoms with Crippen LogP contribution in [-0.4, -0.2) is 4.57 Å². The lowest BCUT2D eigenvalue weighted by Crippen LogP contribution is -2.05. The fraction of sp³-hybridized carbons (Fsp3) is 0.125. The van der Waals surface area contributed by atoms with Crippen molar-refractivity contribution in [1.29, 1.82) is 15.8 Å². The molecule has 0 radical (unpaired) electrons. The second kappa shape index (κ2) is 8.39. The predicted molar refractivity (Wildman–Crippen MR) is 120 cm³/mol. The molecule has 3 aromatic heterocycles. The normalized spacial score (nSPS) is 11.6. The van der Waals surface area contributed by atoms with Crippen molar-refractivity contribution in [3.8, 4) is 45.0 Å². The van der Waals surface area contributed by atoms with E-state index in [2.05, 4.69) is 65.4 Å². The summed E-state index contributed by atoms with van der Waals surface area (Å²) in [4.78, 5) is 2.89. The smallest absolute Gasteiger partial charge is 0.153 e. The van der Waals surface area contributed by atoms with E-state index in [0.29, 0.717) is 0 Å². The summed E-state index contributed by atoms with van der Waals surface area (Å²) in [6.45, 7) is 2.06. The van der Waals surface area contributed by atoms with Crippen LogP contribution in [0.4, 0.5) is 0 Å². The van der Waals surface area contributed by atoms with Gasteiger partial charge in [-0.3, -0.25) is 0 Å². The van der Waals surface area contributed by atoms with Gasteiger partial charge in [0, 0.05) is 10.6 Å². The van der Waals surface area contributed by atoms with Crippen molar-refractivity contribution in [2.45, 2.75) is 12.8 Å². The Kier molecular flexibility index (Phi) is 5.50. The van der Waals surface area contributed by atoms with Gasteiger partial charge in [-0.2, -0.15) is 15.8 Å². The Balaban J connectivity index is 1.84. The molecule has 0 saturated heterocycles. The average Bonchev–Trinajstić information content (AvgIpc) is 3.52. The van der Waals surface area contributed by atoms with Crippen molar-refractivity contribution in [3.05, 3.63) is 76.5 Å². The van der Waals surface area contributed by atoms with Crippen LogP contribution in [0.25, 0.3) is 26.8 Å². The van der Waals surface area contributed by atoms with E-state index >= 15 is 0 Å². The molecule has 30 heavy (non-hydrogen) atoms. The minimum Gasteiger partial charge on any atom is -0.308 e. The molecule has 0 fully saturated rings. The SMILES string of the molecule is Cc1ccc(-n2c(-c3cccs3)ccc2-c2ccc(C(C#N)C(C#N)C#N)s2)cc1. The van der Waals surface area contributed by atoms with Gasteiger partial charge in [0.2, 0.25) is 0 Å². The molecular weight excluding hydrogens is 408 g/mol. The Bertz CT molecular complexity index is 1280. The van der Waals surface area contributed by atoms with Crippen LogP contribution in [0.2, 0.25) is 0 Å². The van der Waals surface area contributed by atoms with Crippen LogP contribution in [0.1, 0.15) is 16.4 Å². The molecule has 1 aromatic carbocycles. The molecule has 6 heteroatoms. The van der Waals surface area contributed by atoms with Crippen LogP contribution in [-0.2, 0) is 0 Å². The Morgan fingerprint density at radius 1 is 0.800 bits per heavy atom. The molecular formula is C24H16N4S2. The molecule has 0 aliphatic heterocycles. The largest absolute Gasteiger partial charge is 0.308 e. The van der Waals surface area contributed by atoms with Gasteiger partial charge in [-0.05, 0) is 54.8 Å². The minimum atomic E-state index is -0.980. The monoisotopic (exact) mass is 424 g/mol. The summed E-state index contributed by atoms with van der Waals surface area (Å²) in [7, 11) is 0. The van der Waals surface area contributed by atoms with Gasteiger partial charge >= 0.3 is 0 Å². The van der Waals surface area contributed by atoms with E-state index < -0.39 is 11.8 Å². The third-order valence-corrected chi connectivity index (χ3v) is 6.97. The number of nitrogens with zero attached hydrogens (tertiary/aromatic N) is 4. The number of nitriles is 3. The summed E-state index contributed by atoms with van der Waals surface area (Å²) in [5.74, 6) is -1.73. The Hall–Kier alpha value is -3.63. The van der Waals surface area contributed by atoms with Gasteiger partial charge in [0.15, 0.2) is 5.92 Å². The molecule has 0 amide bonds. The van der Waals surface area contributed by atoms with Gasteiger partial charge in [-0.25, -0.2) is 0 Å². The third kappa shape index (κ3) is 3.53. The number of thiophene rings is 2. The van der Waals surface area contributed by atoms with Gasteiger partial charge in [0.1, 0.15) is 5.92 Å². The van der Waals surface area contributed by atoms with Crippen LogP contribution >= 0.6 is 22.7 Å². The number of aryl methyl sites for hydroxylation is 1. The molecule has 4 rings (SSSR count). The molecule has 0 aliphatic carbocycles. The quantitative estimate of drug-likeness (QED) is 0.366. The lowest BCUT2D eigenvalue weighted by molar-refractivity contribution is 0.757. The van der Waals surface area contributed by atoms with Crippen LogP contribution in [0.3, 0.4) is 0 Å². The van der Waals surface area contributed by atoms with E-state index in [9.17, 15) is 15.8 Å². The van der Waals surface area contributed by atoms with Gasteiger partial charge in [0.05, 0.1) is 39.3 Å². The fourth-order valence-electron chi connectivity index (χ4n) is 3.36. The maximum atomic E-state index is 9.53. The van der Waals surface area contributed by atoms with E-state index in [1.54, 1.807) is 11.3 Å². The Morgan fingerprint density at radius 2 is 1.50 bits per heavy atom. The van der Waals surface area contributed by atoms with Crippen LogP contribution < -0.4 is 0 Å². The molecule has 0 bridgehead atoms. The summed E-state index contributed by atoms with van der Waals surface area (Å²) in [6.07, 6.45) is 0. The number of rotatable bonds is 5. The second-order valence-corrected chi connectivity index (χ2v) is 8.86. The van der Waals surface area contributed by atoms with Crippen molar-refractivity contribution < 1.29 is 0 Å². The van der Waals surface area contributed by atoms with E-state index in [4.69, 9.17) is 0 Å². The first-order valence-electron chi connectivity index (χ1n) is 9.28. The number of hydrogen-bond acceptors (Lipinski definition) is 5. The summed E-state index contributed by atoms with van der Waals surface area (Å²) < 4.78 is 2.22. The second-order valence-electron chi connectivity index (χ2n) is 6.80. The molecule has 144 valence electrons. The first-order valence-corrected chi connectivity index (χ1v) is 11.0. The molecule has 3 heterocycles. The van der Waals surface area contributed by atoms with E-state index in [0.717, 1.165) is 26.8 Å².